The molecule has 1 heterocycles. The Bertz CT molecular complexity index is 568. The van der Waals surface area contributed by atoms with Crippen LogP contribution >= 0.6 is 0 Å². The van der Waals surface area contributed by atoms with Crippen molar-refractivity contribution in [2.75, 3.05) is 5.32 Å². The van der Waals surface area contributed by atoms with E-state index < -0.39 is 6.04 Å². The van der Waals surface area contributed by atoms with E-state index in [1.807, 2.05) is 0 Å². The molecule has 1 aromatic heterocycles. The highest BCUT2D eigenvalue weighted by molar-refractivity contribution is 5.93. The number of hydrogen-bond acceptors (Lipinski definition) is 5. The molecule has 2 rings (SSSR count). The average Bonchev–Trinajstić information content (AvgIpc) is 2.86. The highest BCUT2D eigenvalue weighted by atomic mass is 16.3. The Kier molecular flexibility index (Phi) is 3.67. The maximum Gasteiger partial charge on any atom is 0.243 e. The van der Waals surface area contributed by atoms with Gasteiger partial charge in [-0.3, -0.25) is 10.1 Å². The average molecular weight is 262 g/mol. The van der Waals surface area contributed by atoms with Gasteiger partial charge in [-0.15, -0.1) is 0 Å². The molecular formula is C12H14N4O3. The summed E-state index contributed by atoms with van der Waals surface area (Å²) in [6, 6.07) is 3.53. The van der Waals surface area contributed by atoms with Gasteiger partial charge in [-0.25, -0.2) is 4.98 Å². The van der Waals surface area contributed by atoms with Gasteiger partial charge in [-0.2, -0.15) is 0 Å². The van der Waals surface area contributed by atoms with Gasteiger partial charge in [-0.1, -0.05) is 6.07 Å². The van der Waals surface area contributed by atoms with Crippen LogP contribution in [0.1, 0.15) is 5.56 Å². The third-order valence-electron chi connectivity index (χ3n) is 2.57. The van der Waals surface area contributed by atoms with Crippen LogP contribution in [0.4, 0.5) is 5.95 Å². The summed E-state index contributed by atoms with van der Waals surface area (Å²) in [7, 11) is 0. The first kappa shape index (κ1) is 12.9. The van der Waals surface area contributed by atoms with Gasteiger partial charge in [-0.05, 0) is 24.1 Å². The summed E-state index contributed by atoms with van der Waals surface area (Å²) in [6.07, 6.45) is 3.33. The van der Waals surface area contributed by atoms with Gasteiger partial charge >= 0.3 is 0 Å². The van der Waals surface area contributed by atoms with Crippen molar-refractivity contribution >= 4 is 11.9 Å². The lowest BCUT2D eigenvalue weighted by Gasteiger charge is -2.11. The lowest BCUT2D eigenvalue weighted by atomic mass is 10.1. The van der Waals surface area contributed by atoms with Crippen molar-refractivity contribution in [3.8, 4) is 11.5 Å². The van der Waals surface area contributed by atoms with Crippen LogP contribution in [0.3, 0.4) is 0 Å². The highest BCUT2D eigenvalue weighted by Gasteiger charge is 2.15. The minimum Gasteiger partial charge on any atom is -0.504 e. The van der Waals surface area contributed by atoms with Crippen LogP contribution in [-0.4, -0.2) is 32.1 Å². The van der Waals surface area contributed by atoms with Crippen LogP contribution in [-0.2, 0) is 11.2 Å². The summed E-state index contributed by atoms with van der Waals surface area (Å²) in [5, 5.41) is 21.1. The second kappa shape index (κ2) is 5.40. The summed E-state index contributed by atoms with van der Waals surface area (Å²) >= 11 is 0. The van der Waals surface area contributed by atoms with Crippen LogP contribution in [0.2, 0.25) is 0 Å². The lowest BCUT2D eigenvalue weighted by Crippen LogP contribution is -2.37. The molecule has 0 radical (unpaired) electrons. The molecule has 0 bridgehead atoms. The molecule has 100 valence electrons. The van der Waals surface area contributed by atoms with Crippen LogP contribution < -0.4 is 11.1 Å². The van der Waals surface area contributed by atoms with E-state index in [2.05, 4.69) is 15.3 Å². The molecule has 0 unspecified atom stereocenters. The Morgan fingerprint density at radius 2 is 2.21 bits per heavy atom. The van der Waals surface area contributed by atoms with E-state index in [4.69, 9.17) is 5.73 Å². The van der Waals surface area contributed by atoms with Gasteiger partial charge in [0.2, 0.25) is 11.9 Å². The Balaban J connectivity index is 1.98. The number of nitrogens with two attached hydrogens (primary N) is 1. The van der Waals surface area contributed by atoms with Gasteiger partial charge in [0.15, 0.2) is 11.5 Å². The van der Waals surface area contributed by atoms with Crippen molar-refractivity contribution in [1.29, 1.82) is 0 Å². The van der Waals surface area contributed by atoms with Crippen LogP contribution in [0.15, 0.2) is 30.6 Å². The minimum atomic E-state index is -0.783. The van der Waals surface area contributed by atoms with Crippen LogP contribution in [0, 0.1) is 0 Å². The van der Waals surface area contributed by atoms with E-state index in [1.165, 1.54) is 18.3 Å². The summed E-state index contributed by atoms with van der Waals surface area (Å²) in [5.41, 5.74) is 6.41. The maximum absolute atomic E-state index is 11.8. The lowest BCUT2D eigenvalue weighted by molar-refractivity contribution is -0.117. The van der Waals surface area contributed by atoms with Crippen molar-refractivity contribution in [1.82, 2.24) is 9.97 Å². The van der Waals surface area contributed by atoms with Crippen LogP contribution in [0.5, 0.6) is 11.5 Å². The number of carbonyl (C=O) groups excluding carboxylic acids is 1. The smallest absolute Gasteiger partial charge is 0.243 e. The maximum atomic E-state index is 11.8. The quantitative estimate of drug-likeness (QED) is 0.508. The number of carbonyl (C=O) groups is 1. The molecule has 2 aromatic rings. The Morgan fingerprint density at radius 3 is 2.84 bits per heavy atom. The monoisotopic (exact) mass is 262 g/mol. The number of benzene rings is 1. The number of imidazole rings is 1. The van der Waals surface area contributed by atoms with E-state index >= 15 is 0 Å². The number of phenols is 2. The summed E-state index contributed by atoms with van der Waals surface area (Å²) in [4.78, 5) is 18.3. The number of H-pyrrole nitrogens is 1. The van der Waals surface area contributed by atoms with Gasteiger partial charge in [0.1, 0.15) is 0 Å². The molecule has 0 fully saturated rings. The molecule has 7 nitrogen and oxygen atoms in total. The van der Waals surface area contributed by atoms with E-state index in [-0.39, 0.29) is 23.8 Å². The van der Waals surface area contributed by atoms with E-state index in [0.717, 1.165) is 0 Å². The molecule has 0 aliphatic rings. The predicted octanol–water partition coefficient (Wildman–Crippen LogP) is 0.329. The predicted molar refractivity (Wildman–Crippen MR) is 68.7 cm³/mol. The topological polar surface area (TPSA) is 124 Å². The third-order valence-corrected chi connectivity index (χ3v) is 2.57. The number of aromatic amines is 1. The van der Waals surface area contributed by atoms with Crippen LogP contribution in [0.25, 0.3) is 0 Å². The van der Waals surface area contributed by atoms with Crippen molar-refractivity contribution < 1.29 is 15.0 Å². The molecule has 1 atom stereocenters. The largest absolute Gasteiger partial charge is 0.504 e. The van der Waals surface area contributed by atoms with E-state index in [0.29, 0.717) is 11.5 Å². The van der Waals surface area contributed by atoms with Gasteiger partial charge in [0, 0.05) is 12.4 Å². The van der Waals surface area contributed by atoms with Crippen molar-refractivity contribution in [2.24, 2.45) is 5.73 Å². The number of aromatic nitrogens is 2. The number of hydrogen-bond donors (Lipinski definition) is 5. The van der Waals surface area contributed by atoms with Crippen molar-refractivity contribution in [3.63, 3.8) is 0 Å². The zero-order chi connectivity index (χ0) is 13.8. The minimum absolute atomic E-state index is 0.211. The fraction of sp³-hybridized carbons (Fsp3) is 0.167. The normalized spacial score (nSPS) is 12.1. The number of amides is 1. The highest BCUT2D eigenvalue weighted by Crippen LogP contribution is 2.25. The number of nitrogens with one attached hydrogen (secondary N) is 2. The second-order valence-corrected chi connectivity index (χ2v) is 4.06. The zero-order valence-corrected chi connectivity index (χ0v) is 10.00. The standard InChI is InChI=1S/C12H14N4O3/c13-8(11(19)16-12-14-3-4-15-12)5-7-1-2-9(17)10(18)6-7/h1-4,6,8,17-18H,5,13H2,(H2,14,15,16,19)/t8-/m0/s1. The molecule has 6 N–H and O–H groups in total. The Labute approximate surface area is 109 Å². The second-order valence-electron chi connectivity index (χ2n) is 4.06. The molecule has 7 heteroatoms. The first-order chi connectivity index (χ1) is 9.06. The first-order valence-corrected chi connectivity index (χ1v) is 5.63. The molecule has 19 heavy (non-hydrogen) atoms. The summed E-state index contributed by atoms with van der Waals surface area (Å²) in [5.74, 6) is -0.509. The van der Waals surface area contributed by atoms with Gasteiger partial charge < -0.3 is 20.9 Å². The number of nitrogens with zero attached hydrogens (tertiary/aromatic N) is 1. The summed E-state index contributed by atoms with van der Waals surface area (Å²) in [6.45, 7) is 0. The molecule has 1 aromatic carbocycles. The Hall–Kier alpha value is -2.54. The van der Waals surface area contributed by atoms with E-state index in [9.17, 15) is 15.0 Å². The molecule has 0 saturated carbocycles. The first-order valence-electron chi connectivity index (χ1n) is 5.63. The molecule has 0 aliphatic heterocycles. The molecule has 0 spiro atoms. The Morgan fingerprint density at radius 1 is 1.42 bits per heavy atom. The fourth-order valence-electron chi connectivity index (χ4n) is 1.59. The fourth-order valence-corrected chi connectivity index (χ4v) is 1.59. The molecule has 0 aliphatic carbocycles. The SMILES string of the molecule is N[C@@H](Cc1ccc(O)c(O)c1)C(=O)Nc1ncc[nH]1. The third kappa shape index (κ3) is 3.23. The molecular weight excluding hydrogens is 248 g/mol. The van der Waals surface area contributed by atoms with Gasteiger partial charge in [0.05, 0.1) is 6.04 Å². The van der Waals surface area contributed by atoms with Crippen molar-refractivity contribution in [3.05, 3.63) is 36.2 Å². The number of aromatic hydroxyl groups is 2. The molecule has 0 saturated heterocycles. The van der Waals surface area contributed by atoms with E-state index in [1.54, 1.807) is 12.3 Å². The zero-order valence-electron chi connectivity index (χ0n) is 10.00. The number of rotatable bonds is 4. The van der Waals surface area contributed by atoms with Gasteiger partial charge in [0.25, 0.3) is 0 Å². The molecule has 1 amide bonds. The van der Waals surface area contributed by atoms with Crippen molar-refractivity contribution in [2.45, 2.75) is 12.5 Å². The number of phenolic OH excluding ortho intramolecular Hbond substituents is 2. The summed E-state index contributed by atoms with van der Waals surface area (Å²) < 4.78 is 0. The number of anilines is 1.